The van der Waals surface area contributed by atoms with E-state index in [0.717, 1.165) is 11.5 Å². The predicted octanol–water partition coefficient (Wildman–Crippen LogP) is 0.242. The van der Waals surface area contributed by atoms with Crippen molar-refractivity contribution in [2.45, 2.75) is 0 Å². The summed E-state index contributed by atoms with van der Waals surface area (Å²) in [5.41, 5.74) is 4.89. The predicted molar refractivity (Wildman–Crippen MR) is 30.6 cm³/mol. The van der Waals surface area contributed by atoms with E-state index in [1.54, 1.807) is 12.3 Å². The Morgan fingerprint density at radius 1 is 1.88 bits per heavy atom. The molecule has 3 nitrogen and oxygen atoms in total. The Morgan fingerprint density at radius 3 is 2.88 bits per heavy atom. The van der Waals surface area contributed by atoms with Crippen LogP contribution in [0.5, 0.6) is 0 Å². The molecule has 42 valence electrons. The second-order valence-corrected chi connectivity index (χ2v) is 2.07. The van der Waals surface area contributed by atoms with Crippen LogP contribution in [0.3, 0.4) is 0 Å². The molecule has 0 aromatic carbocycles. The fraction of sp³-hybridized carbons (Fsp3) is 0. The smallest absolute Gasteiger partial charge is 0.260 e. The molecule has 0 aliphatic carbocycles. The van der Waals surface area contributed by atoms with Gasteiger partial charge in [-0.15, -0.1) is 0 Å². The highest BCUT2D eigenvalue weighted by molar-refractivity contribution is 7.08. The topological polar surface area (TPSA) is 56.0 Å². The minimum absolute atomic E-state index is 0.410. The Hall–Kier alpha value is -0.900. The first-order valence-electron chi connectivity index (χ1n) is 2.01. The van der Waals surface area contributed by atoms with Crippen LogP contribution in [0.25, 0.3) is 0 Å². The van der Waals surface area contributed by atoms with Gasteiger partial charge in [0, 0.05) is 6.20 Å². The van der Waals surface area contributed by atoms with Crippen LogP contribution in [-0.2, 0) is 0 Å². The second kappa shape index (κ2) is 1.92. The number of hydrogen-bond donors (Lipinski definition) is 1. The molecule has 0 atom stereocenters. The minimum Gasteiger partial charge on any atom is -0.365 e. The van der Waals surface area contributed by atoms with Gasteiger partial charge < -0.3 is 5.73 Å². The van der Waals surface area contributed by atoms with Crippen LogP contribution in [0, 0.1) is 0 Å². The van der Waals surface area contributed by atoms with E-state index in [1.807, 2.05) is 0 Å². The fourth-order valence-corrected chi connectivity index (χ4v) is 0.790. The molecule has 0 saturated carbocycles. The molecular formula is C4H4N2OS. The van der Waals surface area contributed by atoms with Crippen molar-refractivity contribution in [1.82, 2.24) is 4.37 Å². The monoisotopic (exact) mass is 128 g/mol. The first-order valence-corrected chi connectivity index (χ1v) is 2.78. The number of carbonyl (C=O) groups is 1. The van der Waals surface area contributed by atoms with Crippen molar-refractivity contribution in [3.8, 4) is 0 Å². The van der Waals surface area contributed by atoms with Crippen LogP contribution >= 0.6 is 11.5 Å². The first-order chi connectivity index (χ1) is 3.80. The molecule has 1 rings (SSSR count). The van der Waals surface area contributed by atoms with E-state index < -0.39 is 5.91 Å². The summed E-state index contributed by atoms with van der Waals surface area (Å²) >= 11 is 1.11. The van der Waals surface area contributed by atoms with E-state index in [2.05, 4.69) is 4.37 Å². The van der Waals surface area contributed by atoms with E-state index in [4.69, 9.17) is 5.73 Å². The van der Waals surface area contributed by atoms with E-state index in [1.165, 1.54) is 0 Å². The zero-order valence-corrected chi connectivity index (χ0v) is 4.81. The third-order valence-electron chi connectivity index (χ3n) is 0.681. The summed E-state index contributed by atoms with van der Waals surface area (Å²) < 4.78 is 3.68. The SMILES string of the molecule is NC(=O)c1ccns1. The lowest BCUT2D eigenvalue weighted by Crippen LogP contribution is -2.07. The van der Waals surface area contributed by atoms with Gasteiger partial charge in [0.2, 0.25) is 0 Å². The first kappa shape index (κ1) is 5.24. The van der Waals surface area contributed by atoms with E-state index in [9.17, 15) is 4.79 Å². The number of aromatic nitrogens is 1. The summed E-state index contributed by atoms with van der Waals surface area (Å²) in [4.78, 5) is 10.8. The van der Waals surface area contributed by atoms with Crippen LogP contribution in [0.1, 0.15) is 9.67 Å². The van der Waals surface area contributed by atoms with Crippen LogP contribution in [0.4, 0.5) is 0 Å². The number of nitrogens with two attached hydrogens (primary N) is 1. The number of rotatable bonds is 1. The Bertz CT molecular complexity index is 182. The van der Waals surface area contributed by atoms with Crippen LogP contribution in [0.15, 0.2) is 12.3 Å². The van der Waals surface area contributed by atoms with Gasteiger partial charge in [-0.1, -0.05) is 0 Å². The lowest BCUT2D eigenvalue weighted by molar-refractivity contribution is 0.100. The summed E-state index contributed by atoms with van der Waals surface area (Å²) in [6.07, 6.45) is 1.55. The zero-order chi connectivity index (χ0) is 5.98. The number of nitrogens with zero attached hydrogens (tertiary/aromatic N) is 1. The molecule has 8 heavy (non-hydrogen) atoms. The van der Waals surface area contributed by atoms with Gasteiger partial charge in [0.15, 0.2) is 0 Å². The molecule has 0 spiro atoms. The summed E-state index contributed by atoms with van der Waals surface area (Å²) in [6, 6.07) is 1.59. The number of carbonyl (C=O) groups excluding carboxylic acids is 1. The maximum atomic E-state index is 10.3. The molecule has 0 bridgehead atoms. The molecule has 4 heteroatoms. The summed E-state index contributed by atoms with van der Waals surface area (Å²) in [5.74, 6) is -0.410. The van der Waals surface area contributed by atoms with Gasteiger partial charge in [-0.25, -0.2) is 4.37 Å². The number of amides is 1. The Labute approximate surface area is 50.3 Å². The maximum Gasteiger partial charge on any atom is 0.260 e. The molecule has 1 aromatic heterocycles. The molecule has 0 fully saturated rings. The van der Waals surface area contributed by atoms with Crippen molar-refractivity contribution in [3.63, 3.8) is 0 Å². The highest BCUT2D eigenvalue weighted by atomic mass is 32.1. The van der Waals surface area contributed by atoms with Crippen molar-refractivity contribution in [2.24, 2.45) is 5.73 Å². The molecule has 0 aliphatic heterocycles. The molecule has 0 saturated heterocycles. The average Bonchev–Trinajstić information content (AvgIpc) is 2.12. The van der Waals surface area contributed by atoms with Crippen LogP contribution < -0.4 is 5.73 Å². The highest BCUT2D eigenvalue weighted by Crippen LogP contribution is 2.00. The molecule has 1 aromatic rings. The van der Waals surface area contributed by atoms with Gasteiger partial charge in [0.25, 0.3) is 5.91 Å². The van der Waals surface area contributed by atoms with Gasteiger partial charge >= 0.3 is 0 Å². The normalized spacial score (nSPS) is 9.00. The van der Waals surface area contributed by atoms with Gasteiger partial charge in [-0.3, -0.25) is 4.79 Å². The van der Waals surface area contributed by atoms with Crippen molar-refractivity contribution in [1.29, 1.82) is 0 Å². The quantitative estimate of drug-likeness (QED) is 0.589. The second-order valence-electron chi connectivity index (χ2n) is 1.24. The summed E-state index contributed by atoms with van der Waals surface area (Å²) in [5, 5.41) is 0. The molecule has 0 radical (unpaired) electrons. The third-order valence-corrected chi connectivity index (χ3v) is 1.44. The summed E-state index contributed by atoms with van der Waals surface area (Å²) in [7, 11) is 0. The molecular weight excluding hydrogens is 124 g/mol. The standard InChI is InChI=1S/C4H4N2OS/c5-4(7)3-1-2-6-8-3/h1-2H,(H2,5,7). The average molecular weight is 128 g/mol. The Morgan fingerprint density at radius 2 is 2.62 bits per heavy atom. The number of hydrogen-bond acceptors (Lipinski definition) is 3. The van der Waals surface area contributed by atoms with Gasteiger partial charge in [0.1, 0.15) is 4.88 Å². The molecule has 0 aliphatic rings. The molecule has 1 amide bonds. The van der Waals surface area contributed by atoms with Gasteiger partial charge in [-0.2, -0.15) is 0 Å². The van der Waals surface area contributed by atoms with Crippen LogP contribution in [0.2, 0.25) is 0 Å². The highest BCUT2D eigenvalue weighted by Gasteiger charge is 1.98. The Kier molecular flexibility index (Phi) is 1.26. The Balaban J connectivity index is 2.93. The zero-order valence-electron chi connectivity index (χ0n) is 4.00. The van der Waals surface area contributed by atoms with E-state index in [-0.39, 0.29) is 0 Å². The lowest BCUT2D eigenvalue weighted by Gasteiger charge is -1.78. The molecule has 1 heterocycles. The largest absolute Gasteiger partial charge is 0.365 e. The van der Waals surface area contributed by atoms with Crippen molar-refractivity contribution < 1.29 is 4.79 Å². The number of primary amides is 1. The fourth-order valence-electron chi connectivity index (χ4n) is 0.343. The van der Waals surface area contributed by atoms with Crippen molar-refractivity contribution >= 4 is 17.4 Å². The van der Waals surface area contributed by atoms with Crippen molar-refractivity contribution in [3.05, 3.63) is 17.1 Å². The van der Waals surface area contributed by atoms with Gasteiger partial charge in [-0.05, 0) is 17.6 Å². The van der Waals surface area contributed by atoms with Gasteiger partial charge in [0.05, 0.1) is 0 Å². The molecule has 2 N–H and O–H groups in total. The van der Waals surface area contributed by atoms with Crippen molar-refractivity contribution in [2.75, 3.05) is 0 Å². The summed E-state index contributed by atoms with van der Waals surface area (Å²) in [6.45, 7) is 0. The van der Waals surface area contributed by atoms with E-state index in [0.29, 0.717) is 4.88 Å². The lowest BCUT2D eigenvalue weighted by atomic mass is 10.5. The third kappa shape index (κ3) is 0.840. The van der Waals surface area contributed by atoms with E-state index >= 15 is 0 Å². The van der Waals surface area contributed by atoms with Crippen LogP contribution in [-0.4, -0.2) is 10.3 Å². The molecule has 0 unspecified atom stereocenters. The minimum atomic E-state index is -0.410. The maximum absolute atomic E-state index is 10.3.